The van der Waals surface area contributed by atoms with Gasteiger partial charge in [0, 0.05) is 33.8 Å². The zero-order valence-corrected chi connectivity index (χ0v) is 16.4. The van der Waals surface area contributed by atoms with Crippen LogP contribution in [0, 0.1) is 0 Å². The number of aliphatic imine (C=N–C) groups is 1. The van der Waals surface area contributed by atoms with Gasteiger partial charge in [0.25, 0.3) is 5.91 Å². The number of ether oxygens (including phenoxy) is 2. The minimum absolute atomic E-state index is 0. The second kappa shape index (κ2) is 11.1. The van der Waals surface area contributed by atoms with Crippen LogP contribution in [0.1, 0.15) is 6.42 Å². The average Bonchev–Trinajstić information content (AvgIpc) is 2.58. The van der Waals surface area contributed by atoms with Gasteiger partial charge in [-0.2, -0.15) is 0 Å². The largest absolute Gasteiger partial charge is 0.482 e. The maximum absolute atomic E-state index is 12.0. The van der Waals surface area contributed by atoms with Crippen LogP contribution < -0.4 is 20.3 Å². The molecule has 1 amide bonds. The van der Waals surface area contributed by atoms with Crippen LogP contribution in [-0.4, -0.2) is 58.9 Å². The van der Waals surface area contributed by atoms with E-state index in [-0.39, 0.29) is 36.5 Å². The van der Waals surface area contributed by atoms with Crippen LogP contribution in [0.5, 0.6) is 5.75 Å². The van der Waals surface area contributed by atoms with Gasteiger partial charge >= 0.3 is 0 Å². The molecular formula is C16H25IN4O3. The third kappa shape index (κ3) is 5.82. The minimum Gasteiger partial charge on any atom is -0.482 e. The van der Waals surface area contributed by atoms with Gasteiger partial charge in [-0.05, 0) is 18.6 Å². The summed E-state index contributed by atoms with van der Waals surface area (Å²) in [6.07, 6.45) is 0.811. The molecule has 8 heteroatoms. The van der Waals surface area contributed by atoms with E-state index in [1.165, 1.54) is 0 Å². The van der Waals surface area contributed by atoms with Crippen LogP contribution in [0.4, 0.5) is 5.69 Å². The lowest BCUT2D eigenvalue weighted by Crippen LogP contribution is -2.42. The number of carbonyl (C=O) groups excluding carboxylic acids is 1. The Bertz CT molecular complexity index is 554. The molecule has 0 radical (unpaired) electrons. The molecule has 0 aliphatic carbocycles. The average molecular weight is 448 g/mol. The number of fused-ring (bicyclic) bond motifs is 1. The molecule has 1 aliphatic heterocycles. The van der Waals surface area contributed by atoms with Crippen molar-refractivity contribution >= 4 is 41.5 Å². The molecule has 0 aromatic heterocycles. The number of hydrogen-bond donors (Lipinski definition) is 2. The van der Waals surface area contributed by atoms with Crippen LogP contribution in [0.3, 0.4) is 0 Å². The lowest BCUT2D eigenvalue weighted by atomic mass is 10.2. The normalized spacial score (nSPS) is 13.7. The molecule has 2 rings (SSSR count). The van der Waals surface area contributed by atoms with Gasteiger partial charge in [0.1, 0.15) is 5.75 Å². The molecule has 0 unspecified atom stereocenters. The zero-order chi connectivity index (χ0) is 16.5. The fourth-order valence-electron chi connectivity index (χ4n) is 2.34. The van der Waals surface area contributed by atoms with E-state index in [1.807, 2.05) is 24.3 Å². The smallest absolute Gasteiger partial charge is 0.265 e. The van der Waals surface area contributed by atoms with Gasteiger partial charge in [0.15, 0.2) is 12.6 Å². The van der Waals surface area contributed by atoms with Crippen LogP contribution in [-0.2, 0) is 9.53 Å². The Morgan fingerprint density at radius 3 is 2.83 bits per heavy atom. The Morgan fingerprint density at radius 2 is 2.08 bits per heavy atom. The standard InChI is InChI=1S/C16H24N4O3.HI/c1-17-16(19-9-11-22-2)18-8-5-10-20-13-6-3-4-7-14(13)23-12-15(20)21;/h3-4,6-7H,5,8-12H2,1-2H3,(H2,17,18,19);1H. The molecule has 0 saturated carbocycles. The van der Waals surface area contributed by atoms with Crippen LogP contribution in [0.15, 0.2) is 29.3 Å². The number of halogens is 1. The van der Waals surface area contributed by atoms with Gasteiger partial charge in [0.2, 0.25) is 0 Å². The molecule has 0 fully saturated rings. The molecule has 2 N–H and O–H groups in total. The number of hydrogen-bond acceptors (Lipinski definition) is 4. The number of methoxy groups -OCH3 is 1. The van der Waals surface area contributed by atoms with Crippen molar-refractivity contribution in [3.8, 4) is 5.75 Å². The third-order valence-corrected chi connectivity index (χ3v) is 3.48. The predicted molar refractivity (Wildman–Crippen MR) is 106 cm³/mol. The summed E-state index contributed by atoms with van der Waals surface area (Å²) in [6.45, 7) is 2.79. The number of benzene rings is 1. The molecule has 24 heavy (non-hydrogen) atoms. The lowest BCUT2D eigenvalue weighted by Gasteiger charge is -2.29. The number of para-hydroxylation sites is 2. The Hall–Kier alpha value is -1.55. The predicted octanol–water partition coefficient (Wildman–Crippen LogP) is 1.23. The Balaban J connectivity index is 0.00000288. The number of nitrogens with one attached hydrogen (secondary N) is 2. The summed E-state index contributed by atoms with van der Waals surface area (Å²) in [5.74, 6) is 1.49. The first-order valence-corrected chi connectivity index (χ1v) is 7.72. The number of nitrogens with zero attached hydrogens (tertiary/aromatic N) is 2. The molecule has 134 valence electrons. The molecule has 0 saturated heterocycles. The molecule has 1 heterocycles. The fraction of sp³-hybridized carbons (Fsp3) is 0.500. The van der Waals surface area contributed by atoms with Crippen molar-refractivity contribution in [3.05, 3.63) is 24.3 Å². The van der Waals surface area contributed by atoms with E-state index in [1.54, 1.807) is 19.1 Å². The number of rotatable bonds is 7. The highest BCUT2D eigenvalue weighted by Gasteiger charge is 2.24. The number of guanidine groups is 1. The molecule has 1 aliphatic rings. The first kappa shape index (κ1) is 20.5. The van der Waals surface area contributed by atoms with Crippen LogP contribution in [0.2, 0.25) is 0 Å². The highest BCUT2D eigenvalue weighted by Crippen LogP contribution is 2.31. The van der Waals surface area contributed by atoms with Crippen LogP contribution >= 0.6 is 24.0 Å². The number of amides is 1. The van der Waals surface area contributed by atoms with E-state index in [0.29, 0.717) is 19.7 Å². The molecule has 0 bridgehead atoms. The second-order valence-corrected chi connectivity index (χ2v) is 5.07. The summed E-state index contributed by atoms with van der Waals surface area (Å²) in [5.41, 5.74) is 0.839. The first-order valence-electron chi connectivity index (χ1n) is 7.72. The molecule has 0 spiro atoms. The van der Waals surface area contributed by atoms with Crippen molar-refractivity contribution in [1.82, 2.24) is 10.6 Å². The Morgan fingerprint density at radius 1 is 1.33 bits per heavy atom. The molecule has 1 aromatic rings. The Labute approximate surface area is 159 Å². The van der Waals surface area contributed by atoms with E-state index in [4.69, 9.17) is 9.47 Å². The lowest BCUT2D eigenvalue weighted by molar-refractivity contribution is -0.121. The van der Waals surface area contributed by atoms with Crippen molar-refractivity contribution < 1.29 is 14.3 Å². The second-order valence-electron chi connectivity index (χ2n) is 5.07. The van der Waals surface area contributed by atoms with E-state index in [9.17, 15) is 4.79 Å². The first-order chi connectivity index (χ1) is 11.3. The quantitative estimate of drug-likeness (QED) is 0.284. The zero-order valence-electron chi connectivity index (χ0n) is 14.1. The van der Waals surface area contributed by atoms with Crippen molar-refractivity contribution in [2.24, 2.45) is 4.99 Å². The van der Waals surface area contributed by atoms with Crippen molar-refractivity contribution in [3.63, 3.8) is 0 Å². The van der Waals surface area contributed by atoms with Gasteiger partial charge in [-0.3, -0.25) is 9.79 Å². The fourth-order valence-corrected chi connectivity index (χ4v) is 2.34. The van der Waals surface area contributed by atoms with Gasteiger partial charge < -0.3 is 25.0 Å². The van der Waals surface area contributed by atoms with Crippen molar-refractivity contribution in [1.29, 1.82) is 0 Å². The van der Waals surface area contributed by atoms with Crippen molar-refractivity contribution in [2.75, 3.05) is 51.9 Å². The third-order valence-electron chi connectivity index (χ3n) is 3.48. The van der Waals surface area contributed by atoms with E-state index >= 15 is 0 Å². The highest BCUT2D eigenvalue weighted by molar-refractivity contribution is 14.0. The summed E-state index contributed by atoms with van der Waals surface area (Å²) >= 11 is 0. The van der Waals surface area contributed by atoms with E-state index < -0.39 is 0 Å². The molecule has 1 aromatic carbocycles. The summed E-state index contributed by atoms with van der Waals surface area (Å²) in [6, 6.07) is 7.61. The number of carbonyl (C=O) groups is 1. The van der Waals surface area contributed by atoms with Gasteiger partial charge in [-0.1, -0.05) is 12.1 Å². The Kier molecular flexibility index (Phi) is 9.46. The SMILES string of the molecule is CN=C(NCCCN1C(=O)COc2ccccc21)NCCOC.I. The summed E-state index contributed by atoms with van der Waals surface area (Å²) in [7, 11) is 3.39. The van der Waals surface area contributed by atoms with Crippen molar-refractivity contribution in [2.45, 2.75) is 6.42 Å². The van der Waals surface area contributed by atoms with Gasteiger partial charge in [-0.25, -0.2) is 0 Å². The number of anilines is 1. The molecule has 7 nitrogen and oxygen atoms in total. The van der Waals surface area contributed by atoms with E-state index in [0.717, 1.165) is 30.4 Å². The highest BCUT2D eigenvalue weighted by atomic mass is 127. The summed E-state index contributed by atoms with van der Waals surface area (Å²) in [4.78, 5) is 18.0. The summed E-state index contributed by atoms with van der Waals surface area (Å²) < 4.78 is 10.4. The van der Waals surface area contributed by atoms with E-state index in [2.05, 4.69) is 15.6 Å². The molecule has 0 atom stereocenters. The monoisotopic (exact) mass is 448 g/mol. The summed E-state index contributed by atoms with van der Waals surface area (Å²) in [5, 5.41) is 6.37. The maximum atomic E-state index is 12.0. The molecular weight excluding hydrogens is 423 g/mol. The maximum Gasteiger partial charge on any atom is 0.265 e. The van der Waals surface area contributed by atoms with Gasteiger partial charge in [-0.15, -0.1) is 24.0 Å². The van der Waals surface area contributed by atoms with Gasteiger partial charge in [0.05, 0.1) is 12.3 Å². The topological polar surface area (TPSA) is 75.2 Å². The van der Waals surface area contributed by atoms with Crippen LogP contribution in [0.25, 0.3) is 0 Å². The minimum atomic E-state index is -0.00805.